The van der Waals surface area contributed by atoms with E-state index in [0.717, 1.165) is 108 Å². The van der Waals surface area contributed by atoms with Crippen LogP contribution in [0.5, 0.6) is 0 Å². The van der Waals surface area contributed by atoms with Crippen molar-refractivity contribution in [2.24, 2.45) is 17.8 Å². The highest BCUT2D eigenvalue weighted by molar-refractivity contribution is 7.47. The molecule has 0 aliphatic carbocycles. The molecule has 0 radical (unpaired) electrons. The summed E-state index contributed by atoms with van der Waals surface area (Å²) in [5, 5.41) is 10.6. The van der Waals surface area contributed by atoms with Gasteiger partial charge in [0.25, 0.3) is 0 Å². The molecular weight excluding hydrogens is 1260 g/mol. The molecule has 0 saturated carbocycles. The van der Waals surface area contributed by atoms with Gasteiger partial charge in [-0.1, -0.05) is 344 Å². The molecule has 17 nitrogen and oxygen atoms in total. The van der Waals surface area contributed by atoms with Crippen LogP contribution in [0.15, 0.2) is 0 Å². The Morgan fingerprint density at radius 3 is 0.792 bits per heavy atom. The third-order valence-electron chi connectivity index (χ3n) is 18.2. The van der Waals surface area contributed by atoms with Crippen molar-refractivity contribution in [1.82, 2.24) is 0 Å². The Morgan fingerprint density at radius 2 is 0.531 bits per heavy atom. The molecule has 0 fully saturated rings. The van der Waals surface area contributed by atoms with E-state index in [0.29, 0.717) is 31.6 Å². The number of carbonyl (C=O) groups excluding carboxylic acids is 4. The average Bonchev–Trinajstić information content (AvgIpc) is 1.38. The number of rotatable bonds is 75. The molecule has 0 amide bonds. The van der Waals surface area contributed by atoms with E-state index in [1.54, 1.807) is 0 Å². The number of unbranched alkanes of at least 4 members (excludes halogenated alkanes) is 42. The van der Waals surface area contributed by atoms with Gasteiger partial charge in [-0.25, -0.2) is 9.13 Å². The lowest BCUT2D eigenvalue weighted by molar-refractivity contribution is -0.161. The van der Waals surface area contributed by atoms with Crippen LogP contribution in [0.2, 0.25) is 0 Å². The molecule has 3 unspecified atom stereocenters. The van der Waals surface area contributed by atoms with Crippen LogP contribution in [0.4, 0.5) is 0 Å². The lowest BCUT2D eigenvalue weighted by atomic mass is 9.99. The maximum atomic E-state index is 13.1. The molecule has 0 aromatic carbocycles. The second-order valence-corrected chi connectivity index (χ2v) is 31.8. The van der Waals surface area contributed by atoms with Gasteiger partial charge >= 0.3 is 39.5 Å². The molecule has 6 atom stereocenters. The zero-order chi connectivity index (χ0) is 70.9. The molecule has 3 N–H and O–H groups in total. The van der Waals surface area contributed by atoms with E-state index >= 15 is 0 Å². The highest BCUT2D eigenvalue weighted by Crippen LogP contribution is 2.45. The minimum atomic E-state index is -4.96. The summed E-state index contributed by atoms with van der Waals surface area (Å²) in [6, 6.07) is 0. The highest BCUT2D eigenvalue weighted by atomic mass is 31.2. The number of phosphoric ester groups is 2. The molecule has 19 heteroatoms. The fourth-order valence-corrected chi connectivity index (χ4v) is 13.3. The maximum Gasteiger partial charge on any atom is 0.472 e. The molecule has 0 bridgehead atoms. The third-order valence-corrected chi connectivity index (χ3v) is 20.1. The molecule has 570 valence electrons. The quantitative estimate of drug-likeness (QED) is 0.0222. The number of hydrogen-bond donors (Lipinski definition) is 3. The summed E-state index contributed by atoms with van der Waals surface area (Å²) in [5.41, 5.74) is 0. The van der Waals surface area contributed by atoms with Crippen molar-refractivity contribution in [2.45, 2.75) is 414 Å². The Labute approximate surface area is 588 Å². The third kappa shape index (κ3) is 69.2. The zero-order valence-electron chi connectivity index (χ0n) is 62.8. The molecule has 0 aliphatic heterocycles. The lowest BCUT2D eigenvalue weighted by Crippen LogP contribution is -2.30. The van der Waals surface area contributed by atoms with Gasteiger partial charge in [-0.15, -0.1) is 0 Å². The normalized spacial score (nSPS) is 14.3. The molecule has 0 spiro atoms. The van der Waals surface area contributed by atoms with Crippen molar-refractivity contribution < 1.29 is 80.2 Å². The fraction of sp³-hybridized carbons (Fsp3) is 0.948. The summed E-state index contributed by atoms with van der Waals surface area (Å²) in [6.45, 7) is 11.8. The molecule has 0 saturated heterocycles. The van der Waals surface area contributed by atoms with Gasteiger partial charge in [0, 0.05) is 25.7 Å². The number of phosphoric acid groups is 2. The molecule has 96 heavy (non-hydrogen) atoms. The molecular formula is C77H150O17P2. The van der Waals surface area contributed by atoms with Crippen LogP contribution in [-0.2, 0) is 65.4 Å². The van der Waals surface area contributed by atoms with E-state index in [4.69, 9.17) is 37.0 Å². The summed E-state index contributed by atoms with van der Waals surface area (Å²) in [5.74, 6) is 0.248. The van der Waals surface area contributed by atoms with E-state index in [1.165, 1.54) is 199 Å². The number of hydrogen-bond acceptors (Lipinski definition) is 15. The SMILES string of the molecule is CCCCCCCC(=O)OC[C@H](COP(=O)(O)OC[C@H](O)COP(=O)(O)OC[C@@H](COC(=O)CCCCCCCCCCCCCCCCCCC(C)C)OC(=O)CCCCCCCCCCCCCCCCCCCCC(C)CC)OC(=O)CCCCCCCCCC(C)C. The predicted molar refractivity (Wildman–Crippen MR) is 391 cm³/mol. The van der Waals surface area contributed by atoms with Crippen molar-refractivity contribution >= 4 is 39.5 Å². The van der Waals surface area contributed by atoms with Crippen molar-refractivity contribution in [3.05, 3.63) is 0 Å². The van der Waals surface area contributed by atoms with Crippen LogP contribution in [0.3, 0.4) is 0 Å². The summed E-state index contributed by atoms with van der Waals surface area (Å²) >= 11 is 0. The zero-order valence-corrected chi connectivity index (χ0v) is 64.6. The van der Waals surface area contributed by atoms with E-state index in [-0.39, 0.29) is 25.7 Å². The number of aliphatic hydroxyl groups excluding tert-OH is 1. The van der Waals surface area contributed by atoms with Crippen molar-refractivity contribution in [2.75, 3.05) is 39.6 Å². The number of ether oxygens (including phenoxy) is 4. The van der Waals surface area contributed by atoms with Crippen molar-refractivity contribution in [1.29, 1.82) is 0 Å². The molecule has 0 heterocycles. The van der Waals surface area contributed by atoms with Crippen LogP contribution in [-0.4, -0.2) is 96.7 Å². The van der Waals surface area contributed by atoms with Gasteiger partial charge in [0.2, 0.25) is 0 Å². The van der Waals surface area contributed by atoms with Crippen molar-refractivity contribution in [3.8, 4) is 0 Å². The molecule has 0 aromatic rings. The number of carbonyl (C=O) groups is 4. The molecule has 0 aliphatic rings. The Bertz CT molecular complexity index is 1870. The Morgan fingerprint density at radius 1 is 0.302 bits per heavy atom. The summed E-state index contributed by atoms with van der Waals surface area (Å²) in [4.78, 5) is 72.5. The second kappa shape index (κ2) is 67.5. The first kappa shape index (κ1) is 94.1. The first-order valence-electron chi connectivity index (χ1n) is 39.9. The van der Waals surface area contributed by atoms with Crippen LogP contribution in [0, 0.1) is 17.8 Å². The van der Waals surface area contributed by atoms with Gasteiger partial charge in [-0.05, 0) is 43.4 Å². The van der Waals surface area contributed by atoms with Crippen LogP contribution in [0.25, 0.3) is 0 Å². The average molecular weight is 1410 g/mol. The summed E-state index contributed by atoms with van der Waals surface area (Å²) in [7, 11) is -9.90. The largest absolute Gasteiger partial charge is 0.472 e. The smallest absolute Gasteiger partial charge is 0.462 e. The first-order valence-corrected chi connectivity index (χ1v) is 42.9. The van der Waals surface area contributed by atoms with Gasteiger partial charge in [0.1, 0.15) is 19.3 Å². The fourth-order valence-electron chi connectivity index (χ4n) is 11.7. The van der Waals surface area contributed by atoms with Gasteiger partial charge in [-0.3, -0.25) is 37.3 Å². The Balaban J connectivity index is 5.10. The minimum Gasteiger partial charge on any atom is -0.462 e. The van der Waals surface area contributed by atoms with E-state index in [1.807, 2.05) is 0 Å². The Kier molecular flexibility index (Phi) is 66.2. The summed E-state index contributed by atoms with van der Waals surface area (Å²) < 4.78 is 68.2. The second-order valence-electron chi connectivity index (χ2n) is 28.9. The lowest BCUT2D eigenvalue weighted by Gasteiger charge is -2.21. The topological polar surface area (TPSA) is 237 Å². The van der Waals surface area contributed by atoms with Gasteiger partial charge in [0.05, 0.1) is 26.4 Å². The highest BCUT2D eigenvalue weighted by Gasteiger charge is 2.30. The predicted octanol–water partition coefficient (Wildman–Crippen LogP) is 22.6. The van der Waals surface area contributed by atoms with E-state index < -0.39 is 97.5 Å². The van der Waals surface area contributed by atoms with Gasteiger partial charge < -0.3 is 33.8 Å². The monoisotopic (exact) mass is 1410 g/mol. The van der Waals surface area contributed by atoms with Crippen molar-refractivity contribution in [3.63, 3.8) is 0 Å². The van der Waals surface area contributed by atoms with Gasteiger partial charge in [-0.2, -0.15) is 0 Å². The summed E-state index contributed by atoms with van der Waals surface area (Å²) in [6.07, 6.45) is 54.8. The van der Waals surface area contributed by atoms with Crippen LogP contribution < -0.4 is 0 Å². The maximum absolute atomic E-state index is 13.1. The number of aliphatic hydroxyl groups is 1. The van der Waals surface area contributed by atoms with Crippen LogP contribution in [0.1, 0.15) is 395 Å². The molecule has 0 rings (SSSR count). The van der Waals surface area contributed by atoms with Crippen LogP contribution >= 0.6 is 15.6 Å². The minimum absolute atomic E-state index is 0.103. The number of esters is 4. The standard InChI is InChI=1S/C77H150O17P2/c1-8-10-11-41-51-58-74(79)87-64-72(93-77(82)61-54-47-40-34-36-43-49-56-69(5)6)66-91-95(83,84)89-62-71(78)63-90-96(85,86)92-67-73(65-88-75(80)59-52-45-38-32-28-24-20-17-16-18-22-26-30-35-42-48-55-68(3)4)94-76(81)60-53-46-39-33-29-25-21-15-13-12-14-19-23-27-31-37-44-50-57-70(7)9-2/h68-73,78H,8-67H2,1-7H3,(H,83,84)(H,85,86)/t70?,71-,72+,73+/m0/s1. The Hall–Kier alpha value is -1.94. The van der Waals surface area contributed by atoms with E-state index in [2.05, 4.69) is 48.5 Å². The molecule has 0 aromatic heterocycles. The van der Waals surface area contributed by atoms with Gasteiger partial charge in [0.15, 0.2) is 12.2 Å². The van der Waals surface area contributed by atoms with E-state index in [9.17, 15) is 43.2 Å². The first-order chi connectivity index (χ1) is 46.3.